The first-order valence-corrected chi connectivity index (χ1v) is 5.15. The second-order valence-electron chi connectivity index (χ2n) is 3.20. The predicted octanol–water partition coefficient (Wildman–Crippen LogP) is 1.99. The second-order valence-corrected chi connectivity index (χ2v) is 4.52. The van der Waals surface area contributed by atoms with E-state index in [2.05, 4.69) is 24.1 Å². The molecule has 0 fully saturated rings. The lowest BCUT2D eigenvalue weighted by Gasteiger charge is -2.05. The largest absolute Gasteiger partial charge is 0.314 e. The van der Waals surface area contributed by atoms with Gasteiger partial charge in [-0.3, -0.25) is 0 Å². The highest BCUT2D eigenvalue weighted by Crippen LogP contribution is 2.11. The van der Waals surface area contributed by atoms with Gasteiger partial charge >= 0.3 is 0 Å². The summed E-state index contributed by atoms with van der Waals surface area (Å²) >= 11 is 1.79. The number of aryl methyl sites for hydroxylation is 1. The van der Waals surface area contributed by atoms with Crippen LogP contribution in [0.4, 0.5) is 0 Å². The number of rotatable bonds is 4. The van der Waals surface area contributed by atoms with Gasteiger partial charge in [0.25, 0.3) is 0 Å². The molecule has 1 aromatic rings. The van der Waals surface area contributed by atoms with Crippen LogP contribution in [0, 0.1) is 6.92 Å². The van der Waals surface area contributed by atoms with Crippen LogP contribution in [0.3, 0.4) is 0 Å². The van der Waals surface area contributed by atoms with Crippen LogP contribution in [0.15, 0.2) is 6.20 Å². The van der Waals surface area contributed by atoms with Crippen molar-refractivity contribution in [2.75, 3.05) is 6.54 Å². The Balaban J connectivity index is 2.24. The lowest BCUT2D eigenvalue weighted by molar-refractivity contribution is 0.592. The lowest BCUT2D eigenvalue weighted by Crippen LogP contribution is -2.24. The van der Waals surface area contributed by atoms with E-state index in [9.17, 15) is 0 Å². The molecule has 0 aliphatic carbocycles. The first-order valence-electron chi connectivity index (χ1n) is 4.33. The van der Waals surface area contributed by atoms with E-state index in [0.717, 1.165) is 18.0 Å². The van der Waals surface area contributed by atoms with Crippen LogP contribution in [-0.4, -0.2) is 17.6 Å². The van der Waals surface area contributed by atoms with Crippen LogP contribution < -0.4 is 5.32 Å². The van der Waals surface area contributed by atoms with Gasteiger partial charge in [-0.2, -0.15) is 0 Å². The van der Waals surface area contributed by atoms with Crippen molar-refractivity contribution in [3.8, 4) is 0 Å². The molecule has 0 radical (unpaired) electrons. The zero-order valence-electron chi connectivity index (χ0n) is 7.92. The molecule has 1 N–H and O–H groups in total. The fraction of sp³-hybridized carbons (Fsp3) is 0.667. The first kappa shape index (κ1) is 9.68. The van der Waals surface area contributed by atoms with Crippen molar-refractivity contribution in [3.05, 3.63) is 16.1 Å². The maximum absolute atomic E-state index is 4.21. The van der Waals surface area contributed by atoms with E-state index in [4.69, 9.17) is 0 Å². The van der Waals surface area contributed by atoms with Crippen LogP contribution in [0.1, 0.15) is 23.7 Å². The molecular weight excluding hydrogens is 168 g/mol. The smallest absolute Gasteiger partial charge is 0.0896 e. The van der Waals surface area contributed by atoms with Crippen LogP contribution in [0.5, 0.6) is 0 Å². The molecule has 0 spiro atoms. The highest BCUT2D eigenvalue weighted by Gasteiger charge is 1.97. The van der Waals surface area contributed by atoms with Crippen molar-refractivity contribution < 1.29 is 0 Å². The Labute approximate surface area is 78.0 Å². The third kappa shape index (κ3) is 3.32. The third-order valence-electron chi connectivity index (χ3n) is 1.59. The minimum atomic E-state index is 0.582. The summed E-state index contributed by atoms with van der Waals surface area (Å²) in [6.45, 7) is 7.43. The predicted molar refractivity (Wildman–Crippen MR) is 53.7 cm³/mol. The quantitative estimate of drug-likeness (QED) is 0.774. The average Bonchev–Trinajstić information content (AvgIpc) is 2.35. The van der Waals surface area contributed by atoms with Gasteiger partial charge in [0.1, 0.15) is 0 Å². The minimum absolute atomic E-state index is 0.582. The first-order chi connectivity index (χ1) is 5.68. The molecule has 68 valence electrons. The second kappa shape index (κ2) is 4.58. The number of hydrogen-bond donors (Lipinski definition) is 1. The molecule has 1 rings (SSSR count). The summed E-state index contributed by atoms with van der Waals surface area (Å²) in [6.07, 6.45) is 3.08. The molecule has 1 heterocycles. The monoisotopic (exact) mass is 184 g/mol. The van der Waals surface area contributed by atoms with Gasteiger partial charge in [0.15, 0.2) is 0 Å². The molecule has 1 aromatic heterocycles. The number of nitrogens with zero attached hydrogens (tertiary/aromatic N) is 1. The van der Waals surface area contributed by atoms with Gasteiger partial charge in [-0.25, -0.2) is 4.98 Å². The van der Waals surface area contributed by atoms with Crippen LogP contribution >= 0.6 is 11.3 Å². The average molecular weight is 184 g/mol. The summed E-state index contributed by atoms with van der Waals surface area (Å²) in [7, 11) is 0. The summed E-state index contributed by atoms with van der Waals surface area (Å²) in [5.41, 5.74) is 0. The zero-order valence-corrected chi connectivity index (χ0v) is 8.74. The van der Waals surface area contributed by atoms with E-state index < -0.39 is 0 Å². The van der Waals surface area contributed by atoms with Crippen molar-refractivity contribution in [1.82, 2.24) is 10.3 Å². The normalized spacial score (nSPS) is 11.0. The van der Waals surface area contributed by atoms with Crippen molar-refractivity contribution in [2.24, 2.45) is 0 Å². The number of hydrogen-bond acceptors (Lipinski definition) is 3. The molecule has 0 bridgehead atoms. The maximum atomic E-state index is 4.21. The summed E-state index contributed by atoms with van der Waals surface area (Å²) in [4.78, 5) is 5.58. The van der Waals surface area contributed by atoms with Gasteiger partial charge in [0.05, 0.1) is 5.01 Å². The Kier molecular flexibility index (Phi) is 3.69. The van der Waals surface area contributed by atoms with Gasteiger partial charge in [0, 0.05) is 23.7 Å². The lowest BCUT2D eigenvalue weighted by atomic mass is 10.3. The molecule has 12 heavy (non-hydrogen) atoms. The zero-order chi connectivity index (χ0) is 8.97. The molecule has 0 aliphatic heterocycles. The van der Waals surface area contributed by atoms with E-state index in [-0.39, 0.29) is 0 Å². The van der Waals surface area contributed by atoms with Crippen molar-refractivity contribution in [3.63, 3.8) is 0 Å². The molecule has 0 amide bonds. The topological polar surface area (TPSA) is 24.9 Å². The van der Waals surface area contributed by atoms with Crippen molar-refractivity contribution in [1.29, 1.82) is 0 Å². The molecule has 0 aliphatic rings. The van der Waals surface area contributed by atoms with Crippen molar-refractivity contribution in [2.45, 2.75) is 33.2 Å². The van der Waals surface area contributed by atoms with Gasteiger partial charge in [-0.1, -0.05) is 13.8 Å². The molecule has 3 heteroatoms. The molecule has 0 aromatic carbocycles. The maximum Gasteiger partial charge on any atom is 0.0896 e. The fourth-order valence-corrected chi connectivity index (χ4v) is 1.80. The van der Waals surface area contributed by atoms with Crippen LogP contribution in [-0.2, 0) is 6.42 Å². The summed E-state index contributed by atoms with van der Waals surface area (Å²) in [6, 6.07) is 0.582. The van der Waals surface area contributed by atoms with E-state index >= 15 is 0 Å². The van der Waals surface area contributed by atoms with Gasteiger partial charge < -0.3 is 5.32 Å². The number of thiazole rings is 1. The highest BCUT2D eigenvalue weighted by molar-refractivity contribution is 7.11. The third-order valence-corrected chi connectivity index (χ3v) is 2.57. The molecular formula is C9H16N2S. The van der Waals surface area contributed by atoms with Crippen molar-refractivity contribution >= 4 is 11.3 Å². The molecule has 0 saturated heterocycles. The molecule has 0 unspecified atom stereocenters. The Morgan fingerprint density at radius 1 is 1.58 bits per heavy atom. The van der Waals surface area contributed by atoms with Crippen LogP contribution in [0.25, 0.3) is 0 Å². The SMILES string of the molecule is Cc1ncc(CCNC(C)C)s1. The highest BCUT2D eigenvalue weighted by atomic mass is 32.1. The van der Waals surface area contributed by atoms with Gasteiger partial charge in [-0.05, 0) is 13.3 Å². The Morgan fingerprint density at radius 3 is 2.83 bits per heavy atom. The van der Waals surface area contributed by atoms with Gasteiger partial charge in [0.2, 0.25) is 0 Å². The van der Waals surface area contributed by atoms with E-state index in [1.165, 1.54) is 4.88 Å². The minimum Gasteiger partial charge on any atom is -0.314 e. The Hall–Kier alpha value is -0.410. The Bertz CT molecular complexity index is 230. The molecule has 0 saturated carbocycles. The number of aromatic nitrogens is 1. The molecule has 2 nitrogen and oxygen atoms in total. The summed E-state index contributed by atoms with van der Waals surface area (Å²) in [5.74, 6) is 0. The summed E-state index contributed by atoms with van der Waals surface area (Å²) in [5, 5.41) is 4.54. The van der Waals surface area contributed by atoms with E-state index in [0.29, 0.717) is 6.04 Å². The van der Waals surface area contributed by atoms with Crippen LogP contribution in [0.2, 0.25) is 0 Å². The van der Waals surface area contributed by atoms with E-state index in [1.54, 1.807) is 11.3 Å². The fourth-order valence-electron chi connectivity index (χ4n) is 1.00. The van der Waals surface area contributed by atoms with E-state index in [1.807, 2.05) is 13.1 Å². The summed E-state index contributed by atoms with van der Waals surface area (Å²) < 4.78 is 0. The number of nitrogens with one attached hydrogen (secondary N) is 1. The van der Waals surface area contributed by atoms with Gasteiger partial charge in [-0.15, -0.1) is 11.3 Å². The standard InChI is InChI=1S/C9H16N2S/c1-7(2)10-5-4-9-6-11-8(3)12-9/h6-7,10H,4-5H2,1-3H3. The molecule has 0 atom stereocenters. The Morgan fingerprint density at radius 2 is 2.33 bits per heavy atom.